The first-order valence-electron chi connectivity index (χ1n) is 9.69. The molecule has 2 N–H and O–H groups in total. The van der Waals surface area contributed by atoms with Crippen molar-refractivity contribution in [3.63, 3.8) is 0 Å². The highest BCUT2D eigenvalue weighted by molar-refractivity contribution is 7.80. The summed E-state index contributed by atoms with van der Waals surface area (Å²) in [6.45, 7) is 9.15. The molecule has 5 nitrogen and oxygen atoms in total. The van der Waals surface area contributed by atoms with E-state index >= 15 is 0 Å². The summed E-state index contributed by atoms with van der Waals surface area (Å²) in [5.41, 5.74) is 2.70. The largest absolute Gasteiger partial charge is 0.376 e. The van der Waals surface area contributed by atoms with Crippen LogP contribution in [-0.2, 0) is 11.3 Å². The van der Waals surface area contributed by atoms with Crippen LogP contribution in [0.5, 0.6) is 0 Å². The zero-order valence-corrected chi connectivity index (χ0v) is 17.2. The number of benzene rings is 1. The number of nitrogens with zero attached hydrogens (tertiary/aromatic N) is 1. The van der Waals surface area contributed by atoms with Gasteiger partial charge < -0.3 is 19.9 Å². The molecule has 2 aromatic rings. The summed E-state index contributed by atoms with van der Waals surface area (Å²) in [6, 6.07) is 8.03. The molecule has 1 aromatic carbocycles. The molecule has 2 heterocycles. The fourth-order valence-corrected chi connectivity index (χ4v) is 3.57. The van der Waals surface area contributed by atoms with E-state index in [9.17, 15) is 4.79 Å². The van der Waals surface area contributed by atoms with Crippen molar-refractivity contribution in [2.45, 2.75) is 46.3 Å². The Hall–Kier alpha value is -1.92. The lowest BCUT2D eigenvalue weighted by molar-refractivity contribution is 0.0896. The number of ether oxygens (including phenoxy) is 1. The molecule has 1 aliphatic rings. The minimum Gasteiger partial charge on any atom is -0.376 e. The molecule has 1 unspecified atom stereocenters. The van der Waals surface area contributed by atoms with E-state index in [1.54, 1.807) is 0 Å². The first-order chi connectivity index (χ1) is 12.9. The van der Waals surface area contributed by atoms with Gasteiger partial charge in [0.05, 0.1) is 12.6 Å². The summed E-state index contributed by atoms with van der Waals surface area (Å²) in [6.07, 6.45) is 2.29. The van der Waals surface area contributed by atoms with Crippen LogP contribution in [0.4, 0.5) is 0 Å². The Morgan fingerprint density at radius 3 is 2.93 bits per heavy atom. The average Bonchev–Trinajstić information content (AvgIpc) is 3.13. The van der Waals surface area contributed by atoms with Crippen molar-refractivity contribution in [1.29, 1.82) is 0 Å². The fourth-order valence-electron chi connectivity index (χ4n) is 3.35. The average molecular weight is 388 g/mol. The van der Waals surface area contributed by atoms with E-state index in [2.05, 4.69) is 42.0 Å². The Kier molecular flexibility index (Phi) is 6.50. The second-order valence-corrected chi connectivity index (χ2v) is 8.20. The highest BCUT2D eigenvalue weighted by Gasteiger charge is 2.22. The molecule has 1 aliphatic heterocycles. The van der Waals surface area contributed by atoms with Gasteiger partial charge in [-0.25, -0.2) is 0 Å². The van der Waals surface area contributed by atoms with Crippen molar-refractivity contribution in [2.24, 2.45) is 5.92 Å². The topological polar surface area (TPSA) is 57.4 Å². The van der Waals surface area contributed by atoms with E-state index in [-0.39, 0.29) is 11.7 Å². The maximum Gasteiger partial charge on any atom is 0.253 e. The smallest absolute Gasteiger partial charge is 0.253 e. The van der Waals surface area contributed by atoms with Crippen molar-refractivity contribution in [2.75, 3.05) is 19.7 Å². The second-order valence-electron chi connectivity index (χ2n) is 7.81. The van der Waals surface area contributed by atoms with E-state index in [4.69, 9.17) is 17.0 Å². The van der Waals surface area contributed by atoms with Gasteiger partial charge >= 0.3 is 0 Å². The number of aromatic nitrogens is 1. The minimum atomic E-state index is -0.0599. The maximum atomic E-state index is 12.6. The lowest BCUT2D eigenvalue weighted by Crippen LogP contribution is -2.44. The molecule has 1 saturated heterocycles. The summed E-state index contributed by atoms with van der Waals surface area (Å²) in [5, 5.41) is 5.06. The molecular weight excluding hydrogens is 358 g/mol. The Labute approximate surface area is 166 Å². The number of hydrogen-bond acceptors (Lipinski definition) is 3. The zero-order chi connectivity index (χ0) is 19.4. The van der Waals surface area contributed by atoms with Crippen LogP contribution in [0, 0.1) is 12.8 Å². The van der Waals surface area contributed by atoms with Crippen molar-refractivity contribution in [1.82, 2.24) is 15.2 Å². The Morgan fingerprint density at radius 2 is 2.22 bits per heavy atom. The molecule has 0 saturated carbocycles. The van der Waals surface area contributed by atoms with Gasteiger partial charge in [0.25, 0.3) is 5.56 Å². The van der Waals surface area contributed by atoms with Crippen LogP contribution in [0.3, 0.4) is 0 Å². The second kappa shape index (κ2) is 8.85. The SMILES string of the molecule is Cc1ccc2[nH]c(=O)c(CN(CC3CCCO3)C(=S)NCC(C)C)cc2c1. The molecule has 1 aromatic heterocycles. The summed E-state index contributed by atoms with van der Waals surface area (Å²) in [7, 11) is 0. The first kappa shape index (κ1) is 19.8. The predicted molar refractivity (Wildman–Crippen MR) is 114 cm³/mol. The van der Waals surface area contributed by atoms with Crippen molar-refractivity contribution < 1.29 is 4.74 Å². The minimum absolute atomic E-state index is 0.0599. The molecule has 27 heavy (non-hydrogen) atoms. The van der Waals surface area contributed by atoms with Gasteiger partial charge in [-0.15, -0.1) is 0 Å². The number of fused-ring (bicyclic) bond motifs is 1. The monoisotopic (exact) mass is 387 g/mol. The van der Waals surface area contributed by atoms with Crippen LogP contribution in [0.1, 0.15) is 37.8 Å². The van der Waals surface area contributed by atoms with Crippen LogP contribution in [-0.4, -0.2) is 40.8 Å². The van der Waals surface area contributed by atoms with Crippen LogP contribution in [0.15, 0.2) is 29.1 Å². The molecule has 1 atom stereocenters. The van der Waals surface area contributed by atoms with Crippen LogP contribution >= 0.6 is 12.2 Å². The third-order valence-corrected chi connectivity index (χ3v) is 5.24. The summed E-state index contributed by atoms with van der Waals surface area (Å²) >= 11 is 5.63. The van der Waals surface area contributed by atoms with Gasteiger partial charge in [-0.2, -0.15) is 0 Å². The van der Waals surface area contributed by atoms with Crippen molar-refractivity contribution >= 4 is 28.2 Å². The molecule has 0 aliphatic carbocycles. The number of thiocarbonyl (C=S) groups is 1. The standard InChI is InChI=1S/C21H29N3O2S/c1-14(2)11-22-21(27)24(13-18-5-4-8-26-18)12-17-10-16-9-15(3)6-7-19(16)23-20(17)25/h6-7,9-10,14,18H,4-5,8,11-13H2,1-3H3,(H,22,27)(H,23,25). The van der Waals surface area contributed by atoms with Gasteiger partial charge in [-0.05, 0) is 61.5 Å². The van der Waals surface area contributed by atoms with E-state index in [1.807, 2.05) is 18.2 Å². The molecule has 1 fully saturated rings. The summed E-state index contributed by atoms with van der Waals surface area (Å²) < 4.78 is 5.80. The summed E-state index contributed by atoms with van der Waals surface area (Å²) in [4.78, 5) is 17.7. The van der Waals surface area contributed by atoms with Gasteiger partial charge in [0.15, 0.2) is 5.11 Å². The number of aryl methyl sites for hydroxylation is 1. The number of nitrogens with one attached hydrogen (secondary N) is 2. The third-order valence-electron chi connectivity index (χ3n) is 4.83. The molecule has 0 bridgehead atoms. The normalized spacial score (nSPS) is 16.8. The van der Waals surface area contributed by atoms with Gasteiger partial charge in [-0.1, -0.05) is 25.5 Å². The van der Waals surface area contributed by atoms with Crippen molar-refractivity contribution in [3.05, 3.63) is 45.7 Å². The number of pyridine rings is 1. The van der Waals surface area contributed by atoms with Crippen molar-refractivity contribution in [3.8, 4) is 0 Å². The van der Waals surface area contributed by atoms with Gasteiger partial charge in [0.1, 0.15) is 0 Å². The maximum absolute atomic E-state index is 12.6. The predicted octanol–water partition coefficient (Wildman–Crippen LogP) is 3.35. The van der Waals surface area contributed by atoms with E-state index < -0.39 is 0 Å². The molecule has 0 amide bonds. The van der Waals surface area contributed by atoms with Gasteiger partial charge in [-0.3, -0.25) is 4.79 Å². The molecular formula is C21H29N3O2S. The Bertz CT molecular complexity index is 856. The lowest BCUT2D eigenvalue weighted by atomic mass is 10.1. The highest BCUT2D eigenvalue weighted by Crippen LogP contribution is 2.17. The van der Waals surface area contributed by atoms with E-state index in [0.717, 1.165) is 42.5 Å². The van der Waals surface area contributed by atoms with Crippen LogP contribution in [0.2, 0.25) is 0 Å². The lowest BCUT2D eigenvalue weighted by Gasteiger charge is -2.28. The molecule has 0 radical (unpaired) electrons. The number of H-pyrrole nitrogens is 1. The number of hydrogen-bond donors (Lipinski definition) is 2. The number of rotatable bonds is 6. The quantitative estimate of drug-likeness (QED) is 0.745. The van der Waals surface area contributed by atoms with E-state index in [1.165, 1.54) is 5.56 Å². The summed E-state index contributed by atoms with van der Waals surface area (Å²) in [5.74, 6) is 0.500. The molecule has 146 valence electrons. The Morgan fingerprint density at radius 1 is 1.41 bits per heavy atom. The Balaban J connectivity index is 1.83. The van der Waals surface area contributed by atoms with E-state index in [0.29, 0.717) is 24.1 Å². The molecule has 3 rings (SSSR count). The van der Waals surface area contributed by atoms with Crippen LogP contribution < -0.4 is 10.9 Å². The molecule has 6 heteroatoms. The first-order valence-corrected chi connectivity index (χ1v) is 10.1. The number of aromatic amines is 1. The van der Waals surface area contributed by atoms with Crippen LogP contribution in [0.25, 0.3) is 10.9 Å². The zero-order valence-electron chi connectivity index (χ0n) is 16.4. The fraction of sp³-hybridized carbons (Fsp3) is 0.524. The highest BCUT2D eigenvalue weighted by atomic mass is 32.1. The van der Waals surface area contributed by atoms with Gasteiger partial charge in [0, 0.05) is 30.8 Å². The third kappa shape index (κ3) is 5.30. The van der Waals surface area contributed by atoms with Gasteiger partial charge in [0.2, 0.25) is 0 Å². The molecule has 0 spiro atoms.